The highest BCUT2D eigenvalue weighted by atomic mass is 79.9. The highest BCUT2D eigenvalue weighted by Crippen LogP contribution is 2.35. The lowest BCUT2D eigenvalue weighted by Gasteiger charge is -2.09. The Labute approximate surface area is 132 Å². The molecule has 0 unspecified atom stereocenters. The molecule has 0 fully saturated rings. The molecule has 5 nitrogen and oxygen atoms in total. The number of aromatic nitrogens is 2. The minimum atomic E-state index is 0.305. The fourth-order valence-corrected chi connectivity index (χ4v) is 2.91. The lowest BCUT2D eigenvalue weighted by Crippen LogP contribution is -2.16. The Balaban J connectivity index is 1.69. The van der Waals surface area contributed by atoms with Gasteiger partial charge in [-0.3, -0.25) is 4.68 Å². The molecule has 1 aliphatic heterocycles. The number of nitrogens with one attached hydrogen (secondary N) is 1. The van der Waals surface area contributed by atoms with E-state index < -0.39 is 0 Å². The molecule has 0 atom stereocenters. The largest absolute Gasteiger partial charge is 0.454 e. The molecule has 2 aromatic rings. The van der Waals surface area contributed by atoms with E-state index in [-0.39, 0.29) is 0 Å². The van der Waals surface area contributed by atoms with Gasteiger partial charge < -0.3 is 14.8 Å². The van der Waals surface area contributed by atoms with Gasteiger partial charge in [-0.05, 0) is 35.8 Å². The van der Waals surface area contributed by atoms with Gasteiger partial charge in [-0.2, -0.15) is 5.10 Å². The summed E-state index contributed by atoms with van der Waals surface area (Å²) in [5.41, 5.74) is 3.30. The summed E-state index contributed by atoms with van der Waals surface area (Å²) < 4.78 is 14.0. The molecule has 0 spiro atoms. The molecular formula is C15H18BrN3O2. The second-order valence-electron chi connectivity index (χ2n) is 4.92. The predicted molar refractivity (Wildman–Crippen MR) is 83.4 cm³/mol. The van der Waals surface area contributed by atoms with Gasteiger partial charge >= 0.3 is 0 Å². The molecule has 1 aromatic heterocycles. The standard InChI is InChI=1S/C15H18BrN3O2/c1-3-19-12(14(16)10(2)18-19)8-17-7-11-5-4-6-13-15(11)21-9-20-13/h4-6,17H,3,7-9H2,1-2H3. The normalized spacial score (nSPS) is 12.9. The van der Waals surface area contributed by atoms with E-state index in [1.807, 2.05) is 23.7 Å². The number of nitrogens with zero attached hydrogens (tertiary/aromatic N) is 2. The molecule has 3 rings (SSSR count). The van der Waals surface area contributed by atoms with E-state index in [9.17, 15) is 0 Å². The summed E-state index contributed by atoms with van der Waals surface area (Å²) >= 11 is 3.61. The predicted octanol–water partition coefficient (Wildman–Crippen LogP) is 2.99. The molecule has 0 bridgehead atoms. The van der Waals surface area contributed by atoms with Crippen LogP contribution in [0.4, 0.5) is 0 Å². The summed E-state index contributed by atoms with van der Waals surface area (Å²) in [7, 11) is 0. The molecule has 2 heterocycles. The Morgan fingerprint density at radius 3 is 3.00 bits per heavy atom. The van der Waals surface area contributed by atoms with Crippen LogP contribution in [-0.4, -0.2) is 16.6 Å². The van der Waals surface area contributed by atoms with E-state index in [1.165, 1.54) is 5.69 Å². The lowest BCUT2D eigenvalue weighted by molar-refractivity contribution is 0.173. The molecular weight excluding hydrogens is 334 g/mol. The zero-order chi connectivity index (χ0) is 14.8. The van der Waals surface area contributed by atoms with Gasteiger partial charge in [0.1, 0.15) is 0 Å². The van der Waals surface area contributed by atoms with Gasteiger partial charge in [0.25, 0.3) is 0 Å². The number of ether oxygens (including phenoxy) is 2. The van der Waals surface area contributed by atoms with Gasteiger partial charge in [-0.15, -0.1) is 0 Å². The Kier molecular flexibility index (Phi) is 4.17. The van der Waals surface area contributed by atoms with Crippen molar-refractivity contribution >= 4 is 15.9 Å². The number of rotatable bonds is 5. The van der Waals surface area contributed by atoms with Crippen molar-refractivity contribution in [1.82, 2.24) is 15.1 Å². The van der Waals surface area contributed by atoms with Crippen LogP contribution in [0, 0.1) is 6.92 Å². The number of halogens is 1. The Hall–Kier alpha value is -1.53. The van der Waals surface area contributed by atoms with E-state index in [0.717, 1.165) is 46.9 Å². The van der Waals surface area contributed by atoms with Gasteiger partial charge in [0, 0.05) is 25.2 Å². The third kappa shape index (κ3) is 2.78. The van der Waals surface area contributed by atoms with Gasteiger partial charge in [0.15, 0.2) is 11.5 Å². The fourth-order valence-electron chi connectivity index (χ4n) is 2.48. The first-order valence-electron chi connectivity index (χ1n) is 7.00. The minimum Gasteiger partial charge on any atom is -0.454 e. The van der Waals surface area contributed by atoms with Crippen molar-refractivity contribution in [3.05, 3.63) is 39.6 Å². The van der Waals surface area contributed by atoms with E-state index in [4.69, 9.17) is 9.47 Å². The van der Waals surface area contributed by atoms with Crippen LogP contribution in [0.1, 0.15) is 23.9 Å². The smallest absolute Gasteiger partial charge is 0.231 e. The summed E-state index contributed by atoms with van der Waals surface area (Å²) in [6.45, 7) is 6.75. The van der Waals surface area contributed by atoms with Crippen molar-refractivity contribution in [1.29, 1.82) is 0 Å². The van der Waals surface area contributed by atoms with Gasteiger partial charge in [0.2, 0.25) is 6.79 Å². The number of hydrogen-bond acceptors (Lipinski definition) is 4. The molecule has 1 aliphatic rings. The summed E-state index contributed by atoms with van der Waals surface area (Å²) in [6, 6.07) is 5.97. The first-order valence-corrected chi connectivity index (χ1v) is 7.80. The number of para-hydroxylation sites is 1. The first-order chi connectivity index (χ1) is 10.2. The highest BCUT2D eigenvalue weighted by Gasteiger charge is 2.17. The second kappa shape index (κ2) is 6.07. The summed E-state index contributed by atoms with van der Waals surface area (Å²) in [5, 5.41) is 7.95. The van der Waals surface area contributed by atoms with E-state index >= 15 is 0 Å². The summed E-state index contributed by atoms with van der Waals surface area (Å²) in [5.74, 6) is 1.68. The zero-order valence-corrected chi connectivity index (χ0v) is 13.7. The van der Waals surface area contributed by atoms with E-state index in [2.05, 4.69) is 39.3 Å². The molecule has 0 aliphatic carbocycles. The number of benzene rings is 1. The number of aryl methyl sites for hydroxylation is 2. The third-order valence-corrected chi connectivity index (χ3v) is 4.57. The molecule has 112 valence electrons. The van der Waals surface area contributed by atoms with Gasteiger partial charge in [-0.1, -0.05) is 12.1 Å². The number of hydrogen-bond donors (Lipinski definition) is 1. The average molecular weight is 352 g/mol. The van der Waals surface area contributed by atoms with Crippen LogP contribution >= 0.6 is 15.9 Å². The molecule has 21 heavy (non-hydrogen) atoms. The van der Waals surface area contributed by atoms with Crippen molar-refractivity contribution in [2.75, 3.05) is 6.79 Å². The molecule has 0 saturated carbocycles. The van der Waals surface area contributed by atoms with Crippen LogP contribution in [0.15, 0.2) is 22.7 Å². The van der Waals surface area contributed by atoms with Crippen LogP contribution in [-0.2, 0) is 19.6 Å². The molecule has 6 heteroatoms. The van der Waals surface area contributed by atoms with Crippen LogP contribution in [0.25, 0.3) is 0 Å². The highest BCUT2D eigenvalue weighted by molar-refractivity contribution is 9.10. The molecule has 0 radical (unpaired) electrons. The maximum Gasteiger partial charge on any atom is 0.231 e. The van der Waals surface area contributed by atoms with Crippen molar-refractivity contribution < 1.29 is 9.47 Å². The van der Waals surface area contributed by atoms with Gasteiger partial charge in [-0.25, -0.2) is 0 Å². The molecule has 0 amide bonds. The Bertz CT molecular complexity index is 655. The number of fused-ring (bicyclic) bond motifs is 1. The topological polar surface area (TPSA) is 48.3 Å². The molecule has 0 saturated heterocycles. The SMILES string of the molecule is CCn1nc(C)c(Br)c1CNCc1cccc2c1OCO2. The van der Waals surface area contributed by atoms with Crippen LogP contribution in [0.3, 0.4) is 0 Å². The summed E-state index contributed by atoms with van der Waals surface area (Å²) in [4.78, 5) is 0. The van der Waals surface area contributed by atoms with Crippen LogP contribution in [0.2, 0.25) is 0 Å². The molecule has 1 aromatic carbocycles. The minimum absolute atomic E-state index is 0.305. The fraction of sp³-hybridized carbons (Fsp3) is 0.400. The van der Waals surface area contributed by atoms with Crippen molar-refractivity contribution in [2.24, 2.45) is 0 Å². The zero-order valence-electron chi connectivity index (χ0n) is 12.1. The van der Waals surface area contributed by atoms with Crippen LogP contribution < -0.4 is 14.8 Å². The second-order valence-corrected chi connectivity index (χ2v) is 5.71. The Morgan fingerprint density at radius 1 is 1.33 bits per heavy atom. The van der Waals surface area contributed by atoms with Crippen molar-refractivity contribution in [3.8, 4) is 11.5 Å². The monoisotopic (exact) mass is 351 g/mol. The van der Waals surface area contributed by atoms with Crippen molar-refractivity contribution in [2.45, 2.75) is 33.5 Å². The first kappa shape index (κ1) is 14.4. The lowest BCUT2D eigenvalue weighted by atomic mass is 10.2. The maximum absolute atomic E-state index is 5.52. The Morgan fingerprint density at radius 2 is 2.19 bits per heavy atom. The quantitative estimate of drug-likeness (QED) is 0.899. The van der Waals surface area contributed by atoms with Crippen LogP contribution in [0.5, 0.6) is 11.5 Å². The van der Waals surface area contributed by atoms with Gasteiger partial charge in [0.05, 0.1) is 15.9 Å². The third-order valence-electron chi connectivity index (χ3n) is 3.54. The van der Waals surface area contributed by atoms with E-state index in [0.29, 0.717) is 6.79 Å². The average Bonchev–Trinajstić information content (AvgIpc) is 3.07. The summed E-state index contributed by atoms with van der Waals surface area (Å²) in [6.07, 6.45) is 0. The maximum atomic E-state index is 5.52. The van der Waals surface area contributed by atoms with Crippen molar-refractivity contribution in [3.63, 3.8) is 0 Å². The van der Waals surface area contributed by atoms with E-state index in [1.54, 1.807) is 0 Å². The molecule has 1 N–H and O–H groups in total.